The van der Waals surface area contributed by atoms with Gasteiger partial charge in [-0.15, -0.1) is 11.3 Å². The van der Waals surface area contributed by atoms with Gasteiger partial charge in [0.25, 0.3) is 0 Å². The molecule has 4 nitrogen and oxygen atoms in total. The molecule has 0 aliphatic heterocycles. The molecule has 2 aromatic heterocycles. The van der Waals surface area contributed by atoms with Crippen molar-refractivity contribution in [1.82, 2.24) is 15.0 Å². The number of thiazole rings is 1. The van der Waals surface area contributed by atoms with Gasteiger partial charge in [0.15, 0.2) is 10.8 Å². The molecule has 94 valence electrons. The van der Waals surface area contributed by atoms with Crippen LogP contribution in [0.3, 0.4) is 0 Å². The molecule has 0 radical (unpaired) electrons. The summed E-state index contributed by atoms with van der Waals surface area (Å²) in [5.74, 6) is 1.78. The summed E-state index contributed by atoms with van der Waals surface area (Å²) in [5.41, 5.74) is 7.99. The van der Waals surface area contributed by atoms with Crippen LogP contribution in [-0.4, -0.2) is 15.0 Å². The summed E-state index contributed by atoms with van der Waals surface area (Å²) in [5, 5.41) is 2.87. The zero-order valence-corrected chi connectivity index (χ0v) is 11.2. The zero-order valence-electron chi connectivity index (χ0n) is 10.4. The standard InChI is InChI=1S/C13H16N4S/c1-8-7-18-13(15-8)12-16-10(6-11(14)17-12)9-4-2-3-5-9/h6-7,9H,2-5H2,1H3,(H2,14,16,17). The fourth-order valence-electron chi connectivity index (χ4n) is 2.47. The molecule has 2 N–H and O–H groups in total. The van der Waals surface area contributed by atoms with Crippen molar-refractivity contribution in [1.29, 1.82) is 0 Å². The first kappa shape index (κ1) is 11.6. The highest BCUT2D eigenvalue weighted by atomic mass is 32.1. The summed E-state index contributed by atoms with van der Waals surface area (Å²) >= 11 is 1.57. The number of hydrogen-bond donors (Lipinski definition) is 1. The third-order valence-corrected chi connectivity index (χ3v) is 4.31. The van der Waals surface area contributed by atoms with Crippen molar-refractivity contribution < 1.29 is 0 Å². The van der Waals surface area contributed by atoms with Crippen molar-refractivity contribution in [3.8, 4) is 10.8 Å². The Morgan fingerprint density at radius 2 is 2.00 bits per heavy atom. The Balaban J connectivity index is 1.99. The molecule has 5 heteroatoms. The lowest BCUT2D eigenvalue weighted by Gasteiger charge is -2.09. The summed E-state index contributed by atoms with van der Waals surface area (Å²) < 4.78 is 0. The average Bonchev–Trinajstić information content (AvgIpc) is 2.98. The van der Waals surface area contributed by atoms with Crippen LogP contribution < -0.4 is 5.73 Å². The minimum atomic E-state index is 0.551. The molecule has 1 aliphatic rings. The molecule has 0 spiro atoms. The molecule has 0 saturated heterocycles. The fraction of sp³-hybridized carbons (Fsp3) is 0.462. The molecule has 0 aromatic carbocycles. The Kier molecular flexibility index (Phi) is 2.99. The van der Waals surface area contributed by atoms with Crippen LogP contribution in [0.15, 0.2) is 11.4 Å². The quantitative estimate of drug-likeness (QED) is 0.900. The smallest absolute Gasteiger partial charge is 0.190 e. The van der Waals surface area contributed by atoms with Crippen LogP contribution in [-0.2, 0) is 0 Å². The summed E-state index contributed by atoms with van der Waals surface area (Å²) in [6, 6.07) is 1.92. The third kappa shape index (κ3) is 2.22. The average molecular weight is 260 g/mol. The highest BCUT2D eigenvalue weighted by Gasteiger charge is 2.20. The first-order valence-electron chi connectivity index (χ1n) is 6.29. The van der Waals surface area contributed by atoms with Crippen molar-refractivity contribution in [3.63, 3.8) is 0 Å². The number of hydrogen-bond acceptors (Lipinski definition) is 5. The lowest BCUT2D eigenvalue weighted by molar-refractivity contribution is 0.696. The highest BCUT2D eigenvalue weighted by Crippen LogP contribution is 2.34. The monoisotopic (exact) mass is 260 g/mol. The van der Waals surface area contributed by atoms with Crippen molar-refractivity contribution in [2.24, 2.45) is 0 Å². The zero-order chi connectivity index (χ0) is 12.5. The maximum Gasteiger partial charge on any atom is 0.190 e. The molecule has 0 amide bonds. The van der Waals surface area contributed by atoms with Gasteiger partial charge in [-0.2, -0.15) is 0 Å². The second-order valence-electron chi connectivity index (χ2n) is 4.82. The van der Waals surface area contributed by atoms with E-state index in [1.165, 1.54) is 25.7 Å². The minimum Gasteiger partial charge on any atom is -0.384 e. The lowest BCUT2D eigenvalue weighted by Crippen LogP contribution is -2.03. The first-order valence-corrected chi connectivity index (χ1v) is 7.17. The van der Waals surface area contributed by atoms with Crippen LogP contribution in [0.25, 0.3) is 10.8 Å². The number of anilines is 1. The normalized spacial score (nSPS) is 16.3. The number of rotatable bonds is 2. The van der Waals surface area contributed by atoms with Crippen LogP contribution in [0.5, 0.6) is 0 Å². The Bertz CT molecular complexity index is 558. The summed E-state index contributed by atoms with van der Waals surface area (Å²) in [7, 11) is 0. The van der Waals surface area contributed by atoms with Crippen LogP contribution >= 0.6 is 11.3 Å². The molecule has 0 unspecified atom stereocenters. The number of aromatic nitrogens is 3. The Labute approximate surface area is 110 Å². The second-order valence-corrected chi connectivity index (χ2v) is 5.67. The molecule has 2 aromatic rings. The number of aryl methyl sites for hydroxylation is 1. The van der Waals surface area contributed by atoms with E-state index in [9.17, 15) is 0 Å². The molecule has 1 fully saturated rings. The SMILES string of the molecule is Cc1csc(-c2nc(N)cc(C3CCCC3)n2)n1. The largest absolute Gasteiger partial charge is 0.384 e. The van der Waals surface area contributed by atoms with Crippen molar-refractivity contribution in [2.75, 3.05) is 5.73 Å². The van der Waals surface area contributed by atoms with Gasteiger partial charge in [-0.25, -0.2) is 15.0 Å². The van der Waals surface area contributed by atoms with E-state index in [-0.39, 0.29) is 0 Å². The van der Waals surface area contributed by atoms with Gasteiger partial charge in [0.2, 0.25) is 0 Å². The van der Waals surface area contributed by atoms with Crippen molar-refractivity contribution in [3.05, 3.63) is 22.8 Å². The Morgan fingerprint density at radius 3 is 2.67 bits per heavy atom. The molecule has 2 heterocycles. The van der Waals surface area contributed by atoms with E-state index < -0.39 is 0 Å². The maximum absolute atomic E-state index is 5.90. The third-order valence-electron chi connectivity index (χ3n) is 3.35. The van der Waals surface area contributed by atoms with Crippen molar-refractivity contribution in [2.45, 2.75) is 38.5 Å². The van der Waals surface area contributed by atoms with E-state index >= 15 is 0 Å². The van der Waals surface area contributed by atoms with Gasteiger partial charge < -0.3 is 5.73 Å². The molecular weight excluding hydrogens is 244 g/mol. The highest BCUT2D eigenvalue weighted by molar-refractivity contribution is 7.13. The Morgan fingerprint density at radius 1 is 1.22 bits per heavy atom. The predicted molar refractivity (Wildman–Crippen MR) is 73.5 cm³/mol. The predicted octanol–water partition coefficient (Wildman–Crippen LogP) is 3.15. The van der Waals surface area contributed by atoms with Gasteiger partial charge in [-0.1, -0.05) is 12.8 Å². The van der Waals surface area contributed by atoms with Crippen LogP contribution in [0, 0.1) is 6.92 Å². The van der Waals surface area contributed by atoms with E-state index in [4.69, 9.17) is 5.73 Å². The van der Waals surface area contributed by atoms with E-state index in [0.29, 0.717) is 17.6 Å². The van der Waals surface area contributed by atoms with Crippen LogP contribution in [0.4, 0.5) is 5.82 Å². The number of nitrogens with two attached hydrogens (primary N) is 1. The number of nitrogens with zero attached hydrogens (tertiary/aromatic N) is 3. The molecule has 18 heavy (non-hydrogen) atoms. The van der Waals surface area contributed by atoms with Gasteiger partial charge in [0.05, 0.1) is 0 Å². The molecular formula is C13H16N4S. The Hall–Kier alpha value is -1.49. The van der Waals surface area contributed by atoms with Gasteiger partial charge in [-0.3, -0.25) is 0 Å². The first-order chi connectivity index (χ1) is 8.72. The number of nitrogen functional groups attached to an aromatic ring is 1. The molecule has 1 aliphatic carbocycles. The van der Waals surface area contributed by atoms with Crippen LogP contribution in [0.2, 0.25) is 0 Å². The lowest BCUT2D eigenvalue weighted by atomic mass is 10.0. The van der Waals surface area contributed by atoms with Crippen molar-refractivity contribution >= 4 is 17.2 Å². The fourth-order valence-corrected chi connectivity index (χ4v) is 3.20. The van der Waals surface area contributed by atoms with Gasteiger partial charge in [0, 0.05) is 28.8 Å². The van der Waals surface area contributed by atoms with Gasteiger partial charge >= 0.3 is 0 Å². The summed E-state index contributed by atoms with van der Waals surface area (Å²) in [6.45, 7) is 1.98. The molecule has 1 saturated carbocycles. The van der Waals surface area contributed by atoms with Gasteiger partial charge in [0.1, 0.15) is 5.82 Å². The van der Waals surface area contributed by atoms with E-state index in [0.717, 1.165) is 16.4 Å². The summed E-state index contributed by atoms with van der Waals surface area (Å²) in [6.07, 6.45) is 5.01. The topological polar surface area (TPSA) is 64.7 Å². The second kappa shape index (κ2) is 4.65. The molecule has 3 rings (SSSR count). The van der Waals surface area contributed by atoms with Crippen LogP contribution in [0.1, 0.15) is 43.0 Å². The molecule has 0 atom stereocenters. The van der Waals surface area contributed by atoms with E-state index in [1.54, 1.807) is 11.3 Å². The van der Waals surface area contributed by atoms with Gasteiger partial charge in [-0.05, 0) is 19.8 Å². The maximum atomic E-state index is 5.90. The van der Waals surface area contributed by atoms with E-state index in [1.807, 2.05) is 18.4 Å². The summed E-state index contributed by atoms with van der Waals surface area (Å²) in [4.78, 5) is 13.4. The molecule has 0 bridgehead atoms. The minimum absolute atomic E-state index is 0.551. The van der Waals surface area contributed by atoms with E-state index in [2.05, 4.69) is 15.0 Å².